The van der Waals surface area contributed by atoms with Crippen molar-refractivity contribution in [3.63, 3.8) is 0 Å². The van der Waals surface area contributed by atoms with Crippen LogP contribution in [0.25, 0.3) is 0 Å². The zero-order chi connectivity index (χ0) is 9.80. The lowest BCUT2D eigenvalue weighted by Gasteiger charge is -2.00. The number of H-pyrrole nitrogens is 1. The molecule has 0 radical (unpaired) electrons. The molecule has 1 aromatic heterocycles. The number of nitrogens with zero attached hydrogens (tertiary/aromatic N) is 1. The average Bonchev–Trinajstić information content (AvgIpc) is 2.67. The standard InChI is InChI=1S/C11H13N3/c12-7-11-10(8-13-14-11)6-9-4-2-1-3-5-9/h1-5,8H,6-7,12H2,(H,13,14). The molecule has 0 bridgehead atoms. The second-order valence-electron chi connectivity index (χ2n) is 3.24. The molecule has 0 unspecified atom stereocenters. The molecule has 2 aromatic rings. The lowest BCUT2D eigenvalue weighted by Crippen LogP contribution is -2.00. The third-order valence-corrected chi connectivity index (χ3v) is 2.25. The Labute approximate surface area is 83.0 Å². The molecule has 0 aliphatic carbocycles. The minimum Gasteiger partial charge on any atom is -0.325 e. The Kier molecular flexibility index (Phi) is 2.60. The summed E-state index contributed by atoms with van der Waals surface area (Å²) in [6.07, 6.45) is 2.74. The van der Waals surface area contributed by atoms with E-state index in [9.17, 15) is 0 Å². The van der Waals surface area contributed by atoms with Gasteiger partial charge in [-0.1, -0.05) is 30.3 Å². The second-order valence-corrected chi connectivity index (χ2v) is 3.24. The van der Waals surface area contributed by atoms with Crippen LogP contribution < -0.4 is 5.73 Å². The first kappa shape index (κ1) is 8.97. The van der Waals surface area contributed by atoms with Crippen molar-refractivity contribution < 1.29 is 0 Å². The molecule has 0 amide bonds. The Balaban J connectivity index is 2.19. The normalized spacial score (nSPS) is 10.4. The Morgan fingerprint density at radius 2 is 2.00 bits per heavy atom. The lowest BCUT2D eigenvalue weighted by atomic mass is 10.1. The fraction of sp³-hybridized carbons (Fsp3) is 0.182. The summed E-state index contributed by atoms with van der Waals surface area (Å²) in [5.41, 5.74) is 9.06. The number of hydrogen-bond acceptors (Lipinski definition) is 2. The monoisotopic (exact) mass is 187 g/mol. The van der Waals surface area contributed by atoms with Gasteiger partial charge in [-0.2, -0.15) is 5.10 Å². The van der Waals surface area contributed by atoms with E-state index < -0.39 is 0 Å². The van der Waals surface area contributed by atoms with E-state index in [1.807, 2.05) is 24.4 Å². The van der Waals surface area contributed by atoms with Crippen molar-refractivity contribution in [1.29, 1.82) is 0 Å². The highest BCUT2D eigenvalue weighted by atomic mass is 15.1. The van der Waals surface area contributed by atoms with E-state index in [1.165, 1.54) is 11.1 Å². The maximum Gasteiger partial charge on any atom is 0.0526 e. The van der Waals surface area contributed by atoms with Gasteiger partial charge >= 0.3 is 0 Å². The van der Waals surface area contributed by atoms with Crippen LogP contribution in [0.5, 0.6) is 0 Å². The van der Waals surface area contributed by atoms with Crippen molar-refractivity contribution in [2.75, 3.05) is 0 Å². The Morgan fingerprint density at radius 1 is 1.21 bits per heavy atom. The van der Waals surface area contributed by atoms with Crippen LogP contribution in [0.1, 0.15) is 16.8 Å². The van der Waals surface area contributed by atoms with Crippen LogP contribution in [-0.4, -0.2) is 10.2 Å². The molecule has 3 N–H and O–H groups in total. The molecule has 0 saturated heterocycles. The van der Waals surface area contributed by atoms with Crippen molar-refractivity contribution >= 4 is 0 Å². The highest BCUT2D eigenvalue weighted by Crippen LogP contribution is 2.10. The van der Waals surface area contributed by atoms with Crippen molar-refractivity contribution in [3.05, 3.63) is 53.3 Å². The fourth-order valence-electron chi connectivity index (χ4n) is 1.48. The molecule has 0 aliphatic rings. The molecular formula is C11H13N3. The molecule has 3 nitrogen and oxygen atoms in total. The van der Waals surface area contributed by atoms with Gasteiger partial charge in [0.1, 0.15) is 0 Å². The van der Waals surface area contributed by atoms with E-state index in [0.29, 0.717) is 6.54 Å². The van der Waals surface area contributed by atoms with Gasteiger partial charge < -0.3 is 5.73 Å². The lowest BCUT2D eigenvalue weighted by molar-refractivity contribution is 0.933. The van der Waals surface area contributed by atoms with Crippen LogP contribution in [0.3, 0.4) is 0 Å². The number of aromatic amines is 1. The quantitative estimate of drug-likeness (QED) is 0.764. The third-order valence-electron chi connectivity index (χ3n) is 2.25. The first-order chi connectivity index (χ1) is 6.90. The van der Waals surface area contributed by atoms with Gasteiger partial charge in [0.25, 0.3) is 0 Å². The van der Waals surface area contributed by atoms with Gasteiger partial charge in [-0.15, -0.1) is 0 Å². The number of hydrogen-bond donors (Lipinski definition) is 2. The van der Waals surface area contributed by atoms with E-state index in [-0.39, 0.29) is 0 Å². The summed E-state index contributed by atoms with van der Waals surface area (Å²) in [4.78, 5) is 0. The van der Waals surface area contributed by atoms with Crippen molar-refractivity contribution in [2.24, 2.45) is 5.73 Å². The van der Waals surface area contributed by atoms with Crippen LogP contribution in [-0.2, 0) is 13.0 Å². The van der Waals surface area contributed by atoms with Gasteiger partial charge in [0.2, 0.25) is 0 Å². The number of rotatable bonds is 3. The topological polar surface area (TPSA) is 54.7 Å². The first-order valence-electron chi connectivity index (χ1n) is 4.65. The van der Waals surface area contributed by atoms with Gasteiger partial charge in [0.15, 0.2) is 0 Å². The van der Waals surface area contributed by atoms with E-state index in [1.54, 1.807) is 0 Å². The average molecular weight is 187 g/mol. The molecule has 14 heavy (non-hydrogen) atoms. The largest absolute Gasteiger partial charge is 0.325 e. The Hall–Kier alpha value is -1.61. The predicted octanol–water partition coefficient (Wildman–Crippen LogP) is 1.46. The zero-order valence-corrected chi connectivity index (χ0v) is 7.90. The van der Waals surface area contributed by atoms with E-state index in [0.717, 1.165) is 12.1 Å². The van der Waals surface area contributed by atoms with Crippen molar-refractivity contribution in [1.82, 2.24) is 10.2 Å². The summed E-state index contributed by atoms with van der Waals surface area (Å²) in [7, 11) is 0. The number of nitrogens with one attached hydrogen (secondary N) is 1. The highest BCUT2D eigenvalue weighted by molar-refractivity contribution is 5.26. The molecule has 2 rings (SSSR count). The van der Waals surface area contributed by atoms with Crippen LogP contribution in [0.2, 0.25) is 0 Å². The summed E-state index contributed by atoms with van der Waals surface area (Å²) in [5.74, 6) is 0. The smallest absolute Gasteiger partial charge is 0.0526 e. The first-order valence-corrected chi connectivity index (χ1v) is 4.65. The maximum absolute atomic E-state index is 5.58. The van der Waals surface area contributed by atoms with Gasteiger partial charge in [0.05, 0.1) is 11.9 Å². The molecule has 0 spiro atoms. The molecule has 0 atom stereocenters. The van der Waals surface area contributed by atoms with Crippen LogP contribution >= 0.6 is 0 Å². The molecule has 0 fully saturated rings. The Morgan fingerprint density at radius 3 is 2.71 bits per heavy atom. The Bertz CT molecular complexity index is 392. The molecule has 0 aliphatic heterocycles. The molecule has 1 heterocycles. The van der Waals surface area contributed by atoms with E-state index >= 15 is 0 Å². The SMILES string of the molecule is NCc1[nH]ncc1Cc1ccccc1. The number of benzene rings is 1. The molecule has 1 aromatic carbocycles. The van der Waals surface area contributed by atoms with Crippen LogP contribution in [0, 0.1) is 0 Å². The van der Waals surface area contributed by atoms with Gasteiger partial charge in [-0.25, -0.2) is 0 Å². The summed E-state index contributed by atoms with van der Waals surface area (Å²) < 4.78 is 0. The van der Waals surface area contributed by atoms with Crippen molar-refractivity contribution in [3.8, 4) is 0 Å². The molecule has 0 saturated carbocycles. The minimum absolute atomic E-state index is 0.516. The van der Waals surface area contributed by atoms with Crippen LogP contribution in [0.15, 0.2) is 36.5 Å². The minimum atomic E-state index is 0.516. The van der Waals surface area contributed by atoms with E-state index in [2.05, 4.69) is 22.3 Å². The molecule has 72 valence electrons. The fourth-order valence-corrected chi connectivity index (χ4v) is 1.48. The predicted molar refractivity (Wildman–Crippen MR) is 55.7 cm³/mol. The van der Waals surface area contributed by atoms with Gasteiger partial charge in [0, 0.05) is 13.0 Å². The summed E-state index contributed by atoms with van der Waals surface area (Å²) >= 11 is 0. The summed E-state index contributed by atoms with van der Waals surface area (Å²) in [5, 5.41) is 6.88. The maximum atomic E-state index is 5.58. The van der Waals surface area contributed by atoms with E-state index in [4.69, 9.17) is 5.73 Å². The number of aromatic nitrogens is 2. The second kappa shape index (κ2) is 4.07. The summed E-state index contributed by atoms with van der Waals surface area (Å²) in [6.45, 7) is 0.516. The van der Waals surface area contributed by atoms with Gasteiger partial charge in [-0.05, 0) is 11.1 Å². The zero-order valence-electron chi connectivity index (χ0n) is 7.90. The molecular weight excluding hydrogens is 174 g/mol. The van der Waals surface area contributed by atoms with Crippen LogP contribution in [0.4, 0.5) is 0 Å². The number of nitrogens with two attached hydrogens (primary N) is 1. The van der Waals surface area contributed by atoms with Gasteiger partial charge in [-0.3, -0.25) is 5.10 Å². The summed E-state index contributed by atoms with van der Waals surface area (Å²) in [6, 6.07) is 10.3. The highest BCUT2D eigenvalue weighted by Gasteiger charge is 2.03. The molecule has 3 heteroatoms. The third kappa shape index (κ3) is 1.83. The van der Waals surface area contributed by atoms with Crippen molar-refractivity contribution in [2.45, 2.75) is 13.0 Å².